The van der Waals surface area contributed by atoms with Crippen LogP contribution in [0.4, 0.5) is 32.0 Å². The largest absolute Gasteiger partial charge is 0.428 e. The number of hydrogen-bond donors (Lipinski definition) is 0. The average molecular weight is 686 g/mol. The highest BCUT2D eigenvalue weighted by Crippen LogP contribution is 2.56. The number of ketones is 1. The van der Waals surface area contributed by atoms with Gasteiger partial charge in [0, 0.05) is 17.7 Å². The van der Waals surface area contributed by atoms with Gasteiger partial charge in [0.05, 0.1) is 10.3 Å². The van der Waals surface area contributed by atoms with E-state index < -0.39 is 40.3 Å². The van der Waals surface area contributed by atoms with Gasteiger partial charge < -0.3 is 9.47 Å². The number of hydrogen-bond acceptors (Lipinski definition) is 5. The Morgan fingerprint density at radius 1 is 0.640 bits per heavy atom. The molecule has 50 heavy (non-hydrogen) atoms. The molecule has 12 heteroatoms. The molecule has 0 atom stereocenters. The normalized spacial score (nSPS) is 12.5. The highest BCUT2D eigenvalue weighted by molar-refractivity contribution is 6.07. The predicted molar refractivity (Wildman–Crippen MR) is 172 cm³/mol. The van der Waals surface area contributed by atoms with Crippen molar-refractivity contribution in [3.8, 4) is 22.6 Å². The van der Waals surface area contributed by atoms with Gasteiger partial charge in [-0.1, -0.05) is 66.7 Å². The van der Waals surface area contributed by atoms with Crippen LogP contribution in [-0.4, -0.2) is 10.7 Å². The summed E-state index contributed by atoms with van der Waals surface area (Å²) in [7, 11) is 0. The second-order valence-corrected chi connectivity index (χ2v) is 10.9. The third-order valence-corrected chi connectivity index (χ3v) is 8.15. The third-order valence-electron chi connectivity index (χ3n) is 8.15. The van der Waals surface area contributed by atoms with E-state index in [-0.39, 0.29) is 22.7 Å². The minimum atomic E-state index is -2.63. The molecule has 0 N–H and O–H groups in total. The molecule has 0 heterocycles. The molecule has 0 unspecified atom stereocenters. The van der Waals surface area contributed by atoms with Crippen molar-refractivity contribution in [2.24, 2.45) is 0 Å². The van der Waals surface area contributed by atoms with Gasteiger partial charge in [-0.15, -0.1) is 0 Å². The number of allylic oxidation sites excluding steroid dienone is 1. The van der Waals surface area contributed by atoms with Gasteiger partial charge in [0.25, 0.3) is 5.69 Å². The number of fused-ring (bicyclic) bond motifs is 3. The maximum absolute atomic E-state index is 13.6. The second-order valence-electron chi connectivity index (χ2n) is 10.9. The van der Waals surface area contributed by atoms with Gasteiger partial charge in [-0.2, -0.15) is 26.3 Å². The Bertz CT molecular complexity index is 2140. The van der Waals surface area contributed by atoms with Crippen LogP contribution in [0.15, 0.2) is 146 Å². The molecule has 0 spiro atoms. The van der Waals surface area contributed by atoms with Crippen molar-refractivity contribution in [2.75, 3.05) is 0 Å². The zero-order valence-corrected chi connectivity index (χ0v) is 25.4. The molecule has 5 aromatic rings. The van der Waals surface area contributed by atoms with Gasteiger partial charge in [0.2, 0.25) is 0 Å². The lowest BCUT2D eigenvalue weighted by Gasteiger charge is -2.34. The summed E-state index contributed by atoms with van der Waals surface area (Å²) in [5.74, 6) is -0.838. The van der Waals surface area contributed by atoms with Crippen LogP contribution in [0.25, 0.3) is 17.2 Å². The maximum atomic E-state index is 13.6. The van der Waals surface area contributed by atoms with E-state index in [2.05, 4.69) is 9.47 Å². The van der Waals surface area contributed by atoms with Crippen molar-refractivity contribution >= 4 is 17.5 Å². The number of ether oxygens (including phenoxy) is 2. The van der Waals surface area contributed by atoms with Crippen LogP contribution < -0.4 is 9.47 Å². The SMILES string of the molecule is O=C(C=Cc1ccc([N+](=O)[O-])cc1)c1ccc2c(c1)C(c1ccc(OC(F)=C(F)F)cc1)(c1ccc(OC(F)=C(F)F)cc1)c1ccccc1-2. The van der Waals surface area contributed by atoms with Gasteiger partial charge in [-0.3, -0.25) is 14.9 Å². The molecular weight excluding hydrogens is 664 g/mol. The molecule has 0 aliphatic heterocycles. The first-order chi connectivity index (χ1) is 24.0. The number of rotatable bonds is 10. The van der Waals surface area contributed by atoms with Crippen LogP contribution in [0.3, 0.4) is 0 Å². The topological polar surface area (TPSA) is 78.7 Å². The first kappa shape index (κ1) is 33.5. The summed E-state index contributed by atoms with van der Waals surface area (Å²) < 4.78 is 87.5. The lowest BCUT2D eigenvalue weighted by molar-refractivity contribution is -0.384. The van der Waals surface area contributed by atoms with Gasteiger partial charge in [0.15, 0.2) is 5.78 Å². The summed E-state index contributed by atoms with van der Waals surface area (Å²) in [4.78, 5) is 24.0. The number of nitro benzene ring substituents is 1. The standard InChI is InChI=1S/C38H21F6NO5/c39-34(40)36(43)49-27-15-9-24(10-16-27)38(25-11-17-28(18-12-25)50-37(44)35(41)42)31-4-2-1-3-29(31)30-19-8-23(21-32(30)38)33(46)20-7-22-5-13-26(14-6-22)45(47)48/h1-21H. The van der Waals surface area contributed by atoms with Crippen LogP contribution in [-0.2, 0) is 5.41 Å². The molecule has 250 valence electrons. The molecule has 0 aromatic heterocycles. The predicted octanol–water partition coefficient (Wildman–Crippen LogP) is 10.7. The fourth-order valence-electron chi connectivity index (χ4n) is 6.03. The Balaban J connectivity index is 1.50. The maximum Gasteiger partial charge on any atom is 0.344 e. The van der Waals surface area contributed by atoms with Crippen LogP contribution in [0.5, 0.6) is 11.5 Å². The van der Waals surface area contributed by atoms with Gasteiger partial charge in [-0.25, -0.2) is 0 Å². The average Bonchev–Trinajstić information content (AvgIpc) is 3.41. The van der Waals surface area contributed by atoms with E-state index in [1.165, 1.54) is 60.7 Å². The van der Waals surface area contributed by atoms with Crippen molar-refractivity contribution in [1.29, 1.82) is 0 Å². The van der Waals surface area contributed by atoms with Crippen molar-refractivity contribution in [2.45, 2.75) is 5.41 Å². The minimum absolute atomic E-state index is 0.102. The number of benzene rings is 5. The quantitative estimate of drug-likeness (QED) is 0.0358. The van der Waals surface area contributed by atoms with E-state index in [1.807, 2.05) is 18.2 Å². The zero-order chi connectivity index (χ0) is 35.6. The number of nitrogens with zero attached hydrogens (tertiary/aromatic N) is 1. The number of halogens is 6. The molecular formula is C38H21F6NO5. The Morgan fingerprint density at radius 2 is 1.16 bits per heavy atom. The summed E-state index contributed by atoms with van der Waals surface area (Å²) in [5, 5.41) is 11.0. The molecule has 0 saturated carbocycles. The summed E-state index contributed by atoms with van der Waals surface area (Å²) in [6, 6.07) is 25.3. The van der Waals surface area contributed by atoms with Crippen molar-refractivity contribution in [3.63, 3.8) is 0 Å². The first-order valence-electron chi connectivity index (χ1n) is 14.7. The third kappa shape index (κ3) is 6.26. The zero-order valence-electron chi connectivity index (χ0n) is 25.4. The Morgan fingerprint density at radius 3 is 1.68 bits per heavy atom. The van der Waals surface area contributed by atoms with E-state index >= 15 is 0 Å². The molecule has 0 saturated heterocycles. The van der Waals surface area contributed by atoms with Crippen molar-refractivity contribution in [3.05, 3.63) is 189 Å². The van der Waals surface area contributed by atoms with Gasteiger partial charge >= 0.3 is 24.2 Å². The lowest BCUT2D eigenvalue weighted by Crippen LogP contribution is -2.28. The summed E-state index contributed by atoms with van der Waals surface area (Å²) in [6.07, 6.45) is -2.43. The molecule has 0 radical (unpaired) electrons. The van der Waals surface area contributed by atoms with Crippen LogP contribution in [0.1, 0.15) is 38.2 Å². The number of nitro groups is 1. The monoisotopic (exact) mass is 685 g/mol. The molecule has 6 nitrogen and oxygen atoms in total. The second kappa shape index (κ2) is 13.6. The van der Waals surface area contributed by atoms with E-state index in [1.54, 1.807) is 48.5 Å². The smallest absolute Gasteiger partial charge is 0.344 e. The summed E-state index contributed by atoms with van der Waals surface area (Å²) >= 11 is 0. The Labute approximate surface area is 280 Å². The molecule has 6 rings (SSSR count). The molecule has 0 amide bonds. The van der Waals surface area contributed by atoms with E-state index in [0.29, 0.717) is 22.3 Å². The fourth-order valence-corrected chi connectivity index (χ4v) is 6.03. The number of carbonyl (C=O) groups is 1. The molecule has 5 aromatic carbocycles. The first-order valence-corrected chi connectivity index (χ1v) is 14.7. The van der Waals surface area contributed by atoms with E-state index in [9.17, 15) is 41.3 Å². The van der Waals surface area contributed by atoms with Gasteiger partial charge in [0.1, 0.15) is 11.5 Å². The van der Waals surface area contributed by atoms with Crippen LogP contribution >= 0.6 is 0 Å². The van der Waals surface area contributed by atoms with Gasteiger partial charge in [-0.05, 0) is 87.5 Å². The summed E-state index contributed by atoms with van der Waals surface area (Å²) in [6.45, 7) is 0. The van der Waals surface area contributed by atoms with Crippen LogP contribution in [0.2, 0.25) is 0 Å². The van der Waals surface area contributed by atoms with E-state index in [0.717, 1.165) is 16.7 Å². The highest BCUT2D eigenvalue weighted by atomic mass is 19.3. The lowest BCUT2D eigenvalue weighted by atomic mass is 9.67. The molecule has 0 bridgehead atoms. The molecule has 0 fully saturated rings. The Kier molecular flexibility index (Phi) is 9.10. The highest BCUT2D eigenvalue weighted by Gasteiger charge is 2.46. The molecule has 1 aliphatic carbocycles. The van der Waals surface area contributed by atoms with Crippen molar-refractivity contribution < 1.29 is 45.5 Å². The fraction of sp³-hybridized carbons (Fsp3) is 0.0263. The molecule has 1 aliphatic rings. The minimum Gasteiger partial charge on any atom is -0.428 e. The van der Waals surface area contributed by atoms with E-state index in [4.69, 9.17) is 0 Å². The van der Waals surface area contributed by atoms with Crippen molar-refractivity contribution in [1.82, 2.24) is 0 Å². The van der Waals surface area contributed by atoms with Crippen LogP contribution in [0, 0.1) is 10.1 Å². The number of non-ortho nitro benzene ring substituents is 1. The summed E-state index contributed by atoms with van der Waals surface area (Å²) in [5.41, 5.74) is 3.40. The Hall–Kier alpha value is -6.43. The number of carbonyl (C=O) groups excluding carboxylic acids is 1.